The van der Waals surface area contributed by atoms with Gasteiger partial charge in [-0.15, -0.1) is 0 Å². The minimum absolute atomic E-state index is 0.0123. The van der Waals surface area contributed by atoms with Gasteiger partial charge in [0.25, 0.3) is 5.91 Å². The van der Waals surface area contributed by atoms with Crippen molar-refractivity contribution in [2.75, 3.05) is 45.0 Å². The zero-order chi connectivity index (χ0) is 38.8. The number of para-hydroxylation sites is 1. The molecule has 6 rings (SSSR count). The highest BCUT2D eigenvalue weighted by Gasteiger charge is 2.64. The van der Waals surface area contributed by atoms with Crippen LogP contribution in [-0.2, 0) is 32.1 Å². The molecule has 9 atom stereocenters. The van der Waals surface area contributed by atoms with Gasteiger partial charge in [0.2, 0.25) is 12.1 Å². The van der Waals surface area contributed by atoms with Crippen LogP contribution < -0.4 is 20.7 Å². The number of hydrogen-bond acceptors (Lipinski definition) is 16. The molecule has 0 spiro atoms. The van der Waals surface area contributed by atoms with E-state index in [0.29, 0.717) is 16.8 Å². The first-order chi connectivity index (χ1) is 24.9. The summed E-state index contributed by atoms with van der Waals surface area (Å²) in [4.78, 5) is 43.1. The molecule has 17 heteroatoms. The van der Waals surface area contributed by atoms with E-state index < -0.39 is 101 Å². The number of fused-ring (bicyclic) bond motifs is 3. The monoisotopic (exact) mass is 740 g/mol. The van der Waals surface area contributed by atoms with E-state index in [1.807, 2.05) is 0 Å². The van der Waals surface area contributed by atoms with Crippen molar-refractivity contribution in [1.82, 2.24) is 4.90 Å². The number of anilines is 2. The Morgan fingerprint density at radius 1 is 1.06 bits per heavy atom. The molecular formula is C36H44N4O13. The van der Waals surface area contributed by atoms with Crippen molar-refractivity contribution in [3.8, 4) is 11.5 Å². The average molecular weight is 741 g/mol. The van der Waals surface area contributed by atoms with Gasteiger partial charge in [-0.2, -0.15) is 0 Å². The molecule has 17 nitrogen and oxygen atoms in total. The molecule has 1 aliphatic heterocycles. The number of nitrogens with zero attached hydrogens (tertiary/aromatic N) is 2. The van der Waals surface area contributed by atoms with Crippen LogP contribution in [-0.4, -0.2) is 140 Å². The Hall–Kier alpha value is -4.75. The fourth-order valence-corrected chi connectivity index (χ4v) is 8.07. The highest BCUT2D eigenvalue weighted by Crippen LogP contribution is 2.54. The third kappa shape index (κ3) is 5.97. The summed E-state index contributed by atoms with van der Waals surface area (Å²) in [7, 11) is 6.56. The van der Waals surface area contributed by atoms with Gasteiger partial charge in [0.1, 0.15) is 53.0 Å². The smallest absolute Gasteiger partial charge is 0.255 e. The van der Waals surface area contributed by atoms with Crippen LogP contribution in [0.3, 0.4) is 0 Å². The number of benzene rings is 2. The second kappa shape index (κ2) is 13.9. The zero-order valence-corrected chi connectivity index (χ0v) is 29.4. The summed E-state index contributed by atoms with van der Waals surface area (Å²) in [6.07, 6.45) is -7.47. The summed E-state index contributed by atoms with van der Waals surface area (Å²) in [6.45, 7) is -0.654. The van der Waals surface area contributed by atoms with Gasteiger partial charge < -0.3 is 66.3 Å². The number of likely N-dealkylation sites (N-methyl/N-ethyl adjacent to an activating group) is 1. The van der Waals surface area contributed by atoms with Crippen LogP contribution in [0.2, 0.25) is 0 Å². The fourth-order valence-electron chi connectivity index (χ4n) is 8.07. The van der Waals surface area contributed by atoms with Crippen LogP contribution in [0.15, 0.2) is 47.2 Å². The maximum Gasteiger partial charge on any atom is 0.255 e. The lowest BCUT2D eigenvalue weighted by molar-refractivity contribution is -0.277. The molecule has 0 bridgehead atoms. The number of rotatable bonds is 9. The number of hydrogen-bond donors (Lipinski definition) is 10. The molecule has 1 heterocycles. The molecule has 2 aromatic carbocycles. The molecule has 1 saturated heterocycles. The van der Waals surface area contributed by atoms with Crippen molar-refractivity contribution >= 4 is 34.6 Å². The third-order valence-corrected chi connectivity index (χ3v) is 10.7. The Morgan fingerprint density at radius 2 is 1.74 bits per heavy atom. The first-order valence-electron chi connectivity index (χ1n) is 16.9. The molecule has 0 aromatic heterocycles. The SMILES string of the molecule is CN(C)c1cc(NCc2ccccc2OC2O[C@H](CO)[C@H](O)[C@@H](O)[C@H]2O)c(O)c2c1C[C@H]1C[C@@H]3[C@@H](N(C)C)C(=O)C(C(N)=O)=C(O)[C@@]3(O)C(=O)C1=C2O. The Bertz CT molecular complexity index is 1910. The van der Waals surface area contributed by atoms with Crippen molar-refractivity contribution < 1.29 is 64.7 Å². The molecule has 0 radical (unpaired) electrons. The van der Waals surface area contributed by atoms with E-state index in [-0.39, 0.29) is 42.0 Å². The van der Waals surface area contributed by atoms with E-state index in [4.69, 9.17) is 15.2 Å². The number of aliphatic hydroxyl groups excluding tert-OH is 6. The van der Waals surface area contributed by atoms with Crippen LogP contribution in [0.5, 0.6) is 11.5 Å². The maximum absolute atomic E-state index is 14.3. The number of aliphatic hydroxyl groups is 7. The van der Waals surface area contributed by atoms with Crippen molar-refractivity contribution in [1.29, 1.82) is 0 Å². The van der Waals surface area contributed by atoms with Crippen LogP contribution >= 0.6 is 0 Å². The standard InChI is InChI=1S/C36H44N4O13/c1-39(2)19-11-18(38-12-14-7-5-6-8-20(14)52-35-31(47)30(46)27(43)21(13-41)53-35)26(42)23-16(19)9-15-10-17-25(40(3)4)29(45)24(34(37)50)33(49)36(17,51)32(48)22(15)28(23)44/h5-8,11,15,17,21,25,27,30-31,35,38,41-44,46-47,49,51H,9-10,12-13H2,1-4H3,(H2,37,50)/t15-,17+,21+,25+,27-,30+,31+,35?,36-/m0/s1. The molecule has 3 aliphatic carbocycles. The molecule has 4 aliphatic rings. The number of aromatic hydroxyl groups is 1. The summed E-state index contributed by atoms with van der Waals surface area (Å²) >= 11 is 0. The van der Waals surface area contributed by atoms with Crippen LogP contribution in [0.25, 0.3) is 5.76 Å². The molecule has 286 valence electrons. The lowest BCUT2D eigenvalue weighted by Crippen LogP contribution is -2.65. The average Bonchev–Trinajstić information content (AvgIpc) is 3.09. The van der Waals surface area contributed by atoms with Crippen molar-refractivity contribution in [2.45, 2.75) is 61.7 Å². The quantitative estimate of drug-likeness (QED) is 0.107. The van der Waals surface area contributed by atoms with E-state index >= 15 is 0 Å². The Kier molecular flexibility index (Phi) is 9.97. The third-order valence-electron chi connectivity index (χ3n) is 10.7. The number of amides is 1. The van der Waals surface area contributed by atoms with E-state index in [1.54, 1.807) is 49.3 Å². The summed E-state index contributed by atoms with van der Waals surface area (Å²) in [5.41, 5.74) is 3.02. The van der Waals surface area contributed by atoms with Gasteiger partial charge in [0.05, 0.1) is 23.9 Å². The van der Waals surface area contributed by atoms with E-state index in [1.165, 1.54) is 19.0 Å². The summed E-state index contributed by atoms with van der Waals surface area (Å²) in [6, 6.07) is 7.03. The van der Waals surface area contributed by atoms with Gasteiger partial charge in [0, 0.05) is 43.4 Å². The predicted molar refractivity (Wildman–Crippen MR) is 187 cm³/mol. The Labute approximate surface area is 303 Å². The number of phenols is 1. The van der Waals surface area contributed by atoms with Gasteiger partial charge >= 0.3 is 0 Å². The second-order valence-electron chi connectivity index (χ2n) is 14.3. The molecule has 53 heavy (non-hydrogen) atoms. The lowest BCUT2D eigenvalue weighted by atomic mass is 9.57. The number of ether oxygens (including phenoxy) is 2. The summed E-state index contributed by atoms with van der Waals surface area (Å²) in [5, 5.41) is 90.1. The van der Waals surface area contributed by atoms with Gasteiger partial charge in [-0.25, -0.2) is 0 Å². The summed E-state index contributed by atoms with van der Waals surface area (Å²) < 4.78 is 11.4. The summed E-state index contributed by atoms with van der Waals surface area (Å²) in [5.74, 6) is -7.29. The number of phenolic OH excluding ortho intramolecular Hbond substituents is 1. The number of ketones is 2. The van der Waals surface area contributed by atoms with Crippen molar-refractivity contribution in [3.05, 3.63) is 63.9 Å². The highest BCUT2D eigenvalue weighted by atomic mass is 16.7. The van der Waals surface area contributed by atoms with Gasteiger partial charge in [-0.3, -0.25) is 19.3 Å². The lowest BCUT2D eigenvalue weighted by Gasteiger charge is -2.50. The molecular weight excluding hydrogens is 696 g/mol. The molecule has 1 amide bonds. The topological polar surface area (TPSA) is 276 Å². The number of nitrogens with two attached hydrogens (primary N) is 1. The first-order valence-corrected chi connectivity index (χ1v) is 16.9. The minimum Gasteiger partial charge on any atom is -0.508 e. The number of carbonyl (C=O) groups excluding carboxylic acids is 3. The molecule has 1 saturated carbocycles. The van der Waals surface area contributed by atoms with Crippen molar-refractivity contribution in [3.63, 3.8) is 0 Å². The van der Waals surface area contributed by atoms with Gasteiger partial charge in [0.15, 0.2) is 11.4 Å². The Morgan fingerprint density at radius 3 is 2.36 bits per heavy atom. The van der Waals surface area contributed by atoms with Crippen molar-refractivity contribution in [2.24, 2.45) is 17.6 Å². The van der Waals surface area contributed by atoms with Crippen LogP contribution in [0.1, 0.15) is 23.1 Å². The maximum atomic E-state index is 14.3. The predicted octanol–water partition coefficient (Wildman–Crippen LogP) is -1.18. The van der Waals surface area contributed by atoms with Crippen LogP contribution in [0.4, 0.5) is 11.4 Å². The number of carbonyl (C=O) groups is 3. The number of Topliss-reactive ketones (excluding diaryl/α,β-unsaturated/α-hetero) is 2. The van der Waals surface area contributed by atoms with Gasteiger partial charge in [-0.1, -0.05) is 18.2 Å². The zero-order valence-electron chi connectivity index (χ0n) is 29.4. The van der Waals surface area contributed by atoms with E-state index in [9.17, 15) is 55.2 Å². The molecule has 11 N–H and O–H groups in total. The highest BCUT2D eigenvalue weighted by molar-refractivity contribution is 6.24. The molecule has 2 fully saturated rings. The molecule has 1 unspecified atom stereocenters. The number of primary amides is 1. The van der Waals surface area contributed by atoms with E-state index in [2.05, 4.69) is 5.32 Å². The van der Waals surface area contributed by atoms with Crippen LogP contribution in [0, 0.1) is 11.8 Å². The Balaban J connectivity index is 1.37. The first kappa shape index (κ1) is 38.0. The number of nitrogens with one attached hydrogen (secondary N) is 1. The normalized spacial score (nSPS) is 31.2. The second-order valence-corrected chi connectivity index (χ2v) is 14.3. The van der Waals surface area contributed by atoms with Gasteiger partial charge in [-0.05, 0) is 50.6 Å². The largest absolute Gasteiger partial charge is 0.508 e. The minimum atomic E-state index is -2.77. The van der Waals surface area contributed by atoms with E-state index in [0.717, 1.165) is 0 Å². The fraction of sp³-hybridized carbons (Fsp3) is 0.472. The molecule has 2 aromatic rings.